The van der Waals surface area contributed by atoms with Crippen LogP contribution in [0.1, 0.15) is 25.7 Å². The Hall–Kier alpha value is -0.770. The number of hydrogen-bond donors (Lipinski definition) is 1. The topological polar surface area (TPSA) is 35.6 Å². The number of carbonyl (C=O) groups is 1. The van der Waals surface area contributed by atoms with Gasteiger partial charge in [0.1, 0.15) is 0 Å². The molecule has 0 bridgehead atoms. The van der Waals surface area contributed by atoms with Gasteiger partial charge in [-0.3, -0.25) is 0 Å². The Balaban J connectivity index is 2.35. The monoisotopic (exact) mass is 213 g/mol. The van der Waals surface area contributed by atoms with Gasteiger partial charge in [-0.2, -0.15) is 0 Å². The summed E-state index contributed by atoms with van der Waals surface area (Å²) in [6, 6.07) is 0.187. The zero-order valence-electron chi connectivity index (χ0n) is 9.96. The van der Waals surface area contributed by atoms with Crippen molar-refractivity contribution in [1.29, 1.82) is 0 Å². The third-order valence-electron chi connectivity index (χ3n) is 2.90. The number of likely N-dealkylation sites (N-methyl/N-ethyl adjacent to an activating group) is 2. The van der Waals surface area contributed by atoms with E-state index in [-0.39, 0.29) is 6.03 Å². The molecular weight excluding hydrogens is 190 g/mol. The molecule has 1 fully saturated rings. The molecule has 4 nitrogen and oxygen atoms in total. The fourth-order valence-corrected chi connectivity index (χ4v) is 1.88. The van der Waals surface area contributed by atoms with E-state index in [4.69, 9.17) is 0 Å². The van der Waals surface area contributed by atoms with Crippen LogP contribution in [-0.2, 0) is 0 Å². The quantitative estimate of drug-likeness (QED) is 0.763. The van der Waals surface area contributed by atoms with Gasteiger partial charge in [0.25, 0.3) is 0 Å². The Morgan fingerprint density at radius 2 is 1.87 bits per heavy atom. The minimum Gasteiger partial charge on any atom is -0.326 e. The SMILES string of the molecule is CNCCN(C)C(=O)N1CCCCCC1. The van der Waals surface area contributed by atoms with Gasteiger partial charge >= 0.3 is 6.03 Å². The molecule has 0 unspecified atom stereocenters. The van der Waals surface area contributed by atoms with Gasteiger partial charge in [-0.1, -0.05) is 12.8 Å². The molecule has 0 saturated carbocycles. The van der Waals surface area contributed by atoms with Crippen LogP contribution in [0.2, 0.25) is 0 Å². The van der Waals surface area contributed by atoms with Crippen LogP contribution in [0.3, 0.4) is 0 Å². The predicted molar refractivity (Wildman–Crippen MR) is 62.0 cm³/mol. The molecule has 15 heavy (non-hydrogen) atoms. The van der Waals surface area contributed by atoms with E-state index in [0.29, 0.717) is 0 Å². The van der Waals surface area contributed by atoms with Gasteiger partial charge in [0, 0.05) is 33.2 Å². The molecule has 1 aliphatic rings. The molecule has 0 aromatic heterocycles. The van der Waals surface area contributed by atoms with E-state index in [1.165, 1.54) is 12.8 Å². The van der Waals surface area contributed by atoms with Crippen molar-refractivity contribution >= 4 is 6.03 Å². The van der Waals surface area contributed by atoms with E-state index in [1.54, 1.807) is 0 Å². The molecule has 0 radical (unpaired) electrons. The van der Waals surface area contributed by atoms with E-state index in [2.05, 4.69) is 5.32 Å². The standard InChI is InChI=1S/C11H23N3O/c1-12-7-10-13(2)11(15)14-8-5-3-4-6-9-14/h12H,3-10H2,1-2H3. The first-order chi connectivity index (χ1) is 7.25. The van der Waals surface area contributed by atoms with Crippen molar-refractivity contribution < 1.29 is 4.79 Å². The first-order valence-corrected chi connectivity index (χ1v) is 5.90. The zero-order valence-corrected chi connectivity index (χ0v) is 9.96. The number of urea groups is 1. The summed E-state index contributed by atoms with van der Waals surface area (Å²) < 4.78 is 0. The highest BCUT2D eigenvalue weighted by atomic mass is 16.2. The zero-order chi connectivity index (χ0) is 11.1. The lowest BCUT2D eigenvalue weighted by atomic mass is 10.2. The molecule has 0 atom stereocenters. The average molecular weight is 213 g/mol. The van der Waals surface area contributed by atoms with Crippen molar-refractivity contribution in [1.82, 2.24) is 15.1 Å². The minimum absolute atomic E-state index is 0.187. The second kappa shape index (κ2) is 6.67. The molecule has 0 aliphatic carbocycles. The van der Waals surface area contributed by atoms with Gasteiger partial charge in [0.15, 0.2) is 0 Å². The van der Waals surface area contributed by atoms with Gasteiger partial charge in [-0.05, 0) is 19.9 Å². The number of nitrogens with one attached hydrogen (secondary N) is 1. The van der Waals surface area contributed by atoms with Crippen molar-refractivity contribution in [3.05, 3.63) is 0 Å². The number of likely N-dealkylation sites (tertiary alicyclic amines) is 1. The van der Waals surface area contributed by atoms with Crippen LogP contribution < -0.4 is 5.32 Å². The number of amides is 2. The van der Waals surface area contributed by atoms with Gasteiger partial charge in [-0.15, -0.1) is 0 Å². The Kier molecular flexibility index (Phi) is 5.47. The second-order valence-electron chi connectivity index (χ2n) is 4.21. The molecule has 2 amide bonds. The van der Waals surface area contributed by atoms with E-state index in [1.807, 2.05) is 23.9 Å². The maximum absolute atomic E-state index is 12.0. The van der Waals surface area contributed by atoms with Crippen LogP contribution in [0.25, 0.3) is 0 Å². The highest BCUT2D eigenvalue weighted by Gasteiger charge is 2.18. The second-order valence-corrected chi connectivity index (χ2v) is 4.21. The molecule has 88 valence electrons. The molecule has 4 heteroatoms. The Morgan fingerprint density at radius 1 is 1.27 bits per heavy atom. The number of carbonyl (C=O) groups excluding carboxylic acids is 1. The highest BCUT2D eigenvalue weighted by Crippen LogP contribution is 2.10. The number of hydrogen-bond acceptors (Lipinski definition) is 2. The van der Waals surface area contributed by atoms with Gasteiger partial charge in [0.2, 0.25) is 0 Å². The Labute approximate surface area is 92.6 Å². The fourth-order valence-electron chi connectivity index (χ4n) is 1.88. The van der Waals surface area contributed by atoms with Crippen LogP contribution in [-0.4, -0.2) is 56.1 Å². The molecule has 0 spiro atoms. The summed E-state index contributed by atoms with van der Waals surface area (Å²) in [6.07, 6.45) is 4.85. The molecule has 1 N–H and O–H groups in total. The van der Waals surface area contributed by atoms with E-state index < -0.39 is 0 Å². The van der Waals surface area contributed by atoms with Gasteiger partial charge in [-0.25, -0.2) is 4.79 Å². The van der Waals surface area contributed by atoms with Crippen LogP contribution in [0.5, 0.6) is 0 Å². The van der Waals surface area contributed by atoms with E-state index >= 15 is 0 Å². The lowest BCUT2D eigenvalue weighted by Crippen LogP contribution is -2.43. The largest absolute Gasteiger partial charge is 0.326 e. The number of rotatable bonds is 3. The molecule has 1 heterocycles. The number of nitrogens with zero attached hydrogens (tertiary/aromatic N) is 2. The lowest BCUT2D eigenvalue weighted by Gasteiger charge is -2.27. The van der Waals surface area contributed by atoms with Crippen molar-refractivity contribution in [2.45, 2.75) is 25.7 Å². The van der Waals surface area contributed by atoms with Gasteiger partial charge < -0.3 is 15.1 Å². The van der Waals surface area contributed by atoms with Crippen molar-refractivity contribution in [2.75, 3.05) is 40.3 Å². The molecular formula is C11H23N3O. The minimum atomic E-state index is 0.187. The van der Waals surface area contributed by atoms with Crippen LogP contribution >= 0.6 is 0 Å². The summed E-state index contributed by atoms with van der Waals surface area (Å²) in [7, 11) is 3.79. The first-order valence-electron chi connectivity index (χ1n) is 5.90. The lowest BCUT2D eigenvalue weighted by molar-refractivity contribution is 0.165. The van der Waals surface area contributed by atoms with Crippen LogP contribution in [0.15, 0.2) is 0 Å². The summed E-state index contributed by atoms with van der Waals surface area (Å²) in [4.78, 5) is 15.8. The van der Waals surface area contributed by atoms with Crippen LogP contribution in [0.4, 0.5) is 4.79 Å². The Morgan fingerprint density at radius 3 is 2.40 bits per heavy atom. The molecule has 1 aliphatic heterocycles. The maximum Gasteiger partial charge on any atom is 0.319 e. The van der Waals surface area contributed by atoms with Crippen molar-refractivity contribution in [3.63, 3.8) is 0 Å². The summed E-state index contributed by atoms with van der Waals surface area (Å²) in [6.45, 7) is 3.51. The summed E-state index contributed by atoms with van der Waals surface area (Å²) in [5.74, 6) is 0. The van der Waals surface area contributed by atoms with Crippen molar-refractivity contribution in [3.8, 4) is 0 Å². The van der Waals surface area contributed by atoms with Crippen LogP contribution in [0, 0.1) is 0 Å². The normalized spacial score (nSPS) is 17.3. The third kappa shape index (κ3) is 4.08. The molecule has 1 rings (SSSR count). The summed E-state index contributed by atoms with van der Waals surface area (Å²) >= 11 is 0. The third-order valence-corrected chi connectivity index (χ3v) is 2.90. The maximum atomic E-state index is 12.0. The first kappa shape index (κ1) is 12.3. The van der Waals surface area contributed by atoms with Gasteiger partial charge in [0.05, 0.1) is 0 Å². The molecule has 0 aromatic carbocycles. The highest BCUT2D eigenvalue weighted by molar-refractivity contribution is 5.74. The summed E-state index contributed by atoms with van der Waals surface area (Å²) in [5, 5.41) is 3.06. The average Bonchev–Trinajstić information content (AvgIpc) is 2.53. The van der Waals surface area contributed by atoms with E-state index in [9.17, 15) is 4.79 Å². The van der Waals surface area contributed by atoms with Crippen molar-refractivity contribution in [2.24, 2.45) is 0 Å². The predicted octanol–water partition coefficient (Wildman–Crippen LogP) is 1.13. The Bertz CT molecular complexity index is 188. The summed E-state index contributed by atoms with van der Waals surface area (Å²) in [5.41, 5.74) is 0. The smallest absolute Gasteiger partial charge is 0.319 e. The fraction of sp³-hybridized carbons (Fsp3) is 0.909. The molecule has 1 saturated heterocycles. The van der Waals surface area contributed by atoms with E-state index in [0.717, 1.165) is 39.0 Å². The molecule has 0 aromatic rings.